The van der Waals surface area contributed by atoms with E-state index in [1.807, 2.05) is 97.1 Å². The fraction of sp³-hybridized carbons (Fsp3) is 0.0328. The number of aryl methyl sites for hydroxylation is 2. The van der Waals surface area contributed by atoms with Crippen molar-refractivity contribution in [1.82, 2.24) is 44.9 Å². The average Bonchev–Trinajstić information content (AvgIpc) is 3.69. The van der Waals surface area contributed by atoms with Gasteiger partial charge >= 0.3 is 39.0 Å². The van der Waals surface area contributed by atoms with Crippen LogP contribution in [0.1, 0.15) is 37.5 Å². The number of carbonyl (C=O) groups is 2. The number of aromatic carboxylic acids is 2. The summed E-state index contributed by atoms with van der Waals surface area (Å²) >= 11 is 0. The summed E-state index contributed by atoms with van der Waals surface area (Å²) in [6.07, 6.45) is 19.1. The Kier molecular flexibility index (Phi) is 24.2. The monoisotopic (exact) mass is 1290 g/mol. The summed E-state index contributed by atoms with van der Waals surface area (Å²) in [5.74, 6) is -2.15. The van der Waals surface area contributed by atoms with Crippen molar-refractivity contribution in [3.63, 3.8) is 0 Å². The second kappa shape index (κ2) is 31.3. The van der Waals surface area contributed by atoms with Gasteiger partial charge in [-0.1, -0.05) is 36.4 Å². The number of carboxylic acid groups (broad SMARTS) is 2. The van der Waals surface area contributed by atoms with Crippen molar-refractivity contribution in [2.24, 2.45) is 4.99 Å². The van der Waals surface area contributed by atoms with Crippen molar-refractivity contribution < 1.29 is 77.7 Å². The van der Waals surface area contributed by atoms with Gasteiger partial charge in [0.2, 0.25) is 0 Å². The third kappa shape index (κ3) is 18.4. The Balaban J connectivity index is 0.000000200. The molecule has 0 bridgehead atoms. The van der Waals surface area contributed by atoms with Crippen LogP contribution in [0.4, 0.5) is 0 Å². The molecule has 1 aliphatic rings. The number of hydrogen-bond acceptors (Lipinski definition) is 14. The Bertz CT molecular complexity index is 3680. The van der Waals surface area contributed by atoms with Crippen LogP contribution in [0.2, 0.25) is 0 Å². The summed E-state index contributed by atoms with van der Waals surface area (Å²) in [6.45, 7) is 8.86. The van der Waals surface area contributed by atoms with Crippen molar-refractivity contribution in [2.45, 2.75) is 13.8 Å². The van der Waals surface area contributed by atoms with Gasteiger partial charge in [0.15, 0.2) is 18.0 Å². The number of carboxylic acids is 2. The van der Waals surface area contributed by atoms with Crippen LogP contribution in [0.3, 0.4) is 0 Å². The number of nitrogens with zero attached hydrogens (tertiary/aromatic N) is 12. The van der Waals surface area contributed by atoms with Crippen molar-refractivity contribution in [1.29, 1.82) is 5.26 Å². The molecule has 11 rings (SSSR count). The molecule has 0 aromatic carbocycles. The molecule has 10 aromatic heterocycles. The van der Waals surface area contributed by atoms with Crippen LogP contribution in [0.5, 0.6) is 0 Å². The normalized spacial score (nSPS) is 10.7. The van der Waals surface area contributed by atoms with Crippen molar-refractivity contribution in [3.05, 3.63) is 261 Å². The Labute approximate surface area is 503 Å². The predicted molar refractivity (Wildman–Crippen MR) is 303 cm³/mol. The molecular weight excluding hydrogens is 1250 g/mol. The van der Waals surface area contributed by atoms with Crippen LogP contribution in [-0.4, -0.2) is 82.5 Å². The Morgan fingerprint density at radius 1 is 0.518 bits per heavy atom. The molecule has 0 fully saturated rings. The fourth-order valence-electron chi connectivity index (χ4n) is 7.45. The largest absolute Gasteiger partial charge is 1.00 e. The zero-order valence-corrected chi connectivity index (χ0v) is 48.3. The fourth-order valence-corrected chi connectivity index (χ4v) is 8.03. The first-order valence-electron chi connectivity index (χ1n) is 24.2. The van der Waals surface area contributed by atoms with Crippen LogP contribution in [0, 0.1) is 38.8 Å². The van der Waals surface area contributed by atoms with Gasteiger partial charge in [0, 0.05) is 63.7 Å². The minimum atomic E-state index is -4.43. The summed E-state index contributed by atoms with van der Waals surface area (Å²) in [5.41, 5.74) is 12.0. The van der Waals surface area contributed by atoms with Gasteiger partial charge in [-0.15, -0.1) is 0 Å². The number of rotatable bonds is 10. The quantitative estimate of drug-likeness (QED) is 0.0429. The van der Waals surface area contributed by atoms with E-state index in [4.69, 9.17) is 22.0 Å². The SMILES string of the molecule is Cc1cc(-c2ccccn2)nc(-c2ccccn2)c1.Cc1cc(-c2ccccn2)nc(-c2ccccn2)c1.O=C(O)c1ccnc(-c2cc(C(=O)O)ccn2)c1.[C-]#N.[CH2-][n+]1ccccc1-c1cc(P(=O)(O)O)cc(C2=NC=[C+]C=C2)n1.[Ru+].[Ru]. The second-order valence-corrected chi connectivity index (χ2v) is 18.6. The minimum absolute atomic E-state index is 0. The van der Waals surface area contributed by atoms with Crippen LogP contribution >= 0.6 is 7.60 Å². The molecule has 19 nitrogen and oxygen atoms in total. The van der Waals surface area contributed by atoms with Gasteiger partial charge in [-0.05, 0) is 140 Å². The molecule has 10 aromatic rings. The summed E-state index contributed by atoms with van der Waals surface area (Å²) in [6, 6.07) is 45.0. The molecule has 0 atom stereocenters. The summed E-state index contributed by atoms with van der Waals surface area (Å²) in [4.78, 5) is 83.9. The molecule has 1 radical (unpaired) electrons. The van der Waals surface area contributed by atoms with Crippen LogP contribution in [-0.2, 0) is 43.5 Å². The van der Waals surface area contributed by atoms with E-state index in [2.05, 4.69) is 76.8 Å². The van der Waals surface area contributed by atoms with Crippen LogP contribution < -0.4 is 9.87 Å². The van der Waals surface area contributed by atoms with E-state index in [-0.39, 0.29) is 55.4 Å². The predicted octanol–water partition coefficient (Wildman–Crippen LogP) is 9.81. The Morgan fingerprint density at radius 2 is 0.904 bits per heavy atom. The molecule has 0 amide bonds. The van der Waals surface area contributed by atoms with Gasteiger partial charge in [-0.2, -0.15) is 0 Å². The number of aromatic nitrogens is 10. The average molecular weight is 1290 g/mol. The summed E-state index contributed by atoms with van der Waals surface area (Å²) in [5, 5.41) is 23.8. The Hall–Kier alpha value is -9.74. The number of hydrogen-bond donors (Lipinski definition) is 4. The molecule has 0 spiro atoms. The number of pyridine rings is 10. The molecule has 4 N–H and O–H groups in total. The number of allylic oxidation sites excluding steroid dienone is 3. The summed E-state index contributed by atoms with van der Waals surface area (Å²) < 4.78 is 13.3. The number of aliphatic imine (C=N–C) groups is 1. The molecule has 1 aliphatic heterocycles. The first-order valence-corrected chi connectivity index (χ1v) is 25.8. The maximum atomic E-state index is 11.7. The van der Waals surface area contributed by atoms with E-state index >= 15 is 0 Å². The van der Waals surface area contributed by atoms with Crippen molar-refractivity contribution in [3.8, 4) is 68.3 Å². The Morgan fingerprint density at radius 3 is 1.25 bits per heavy atom. The molecule has 0 saturated heterocycles. The molecule has 413 valence electrons. The van der Waals surface area contributed by atoms with E-state index in [0.29, 0.717) is 34.2 Å². The third-order valence-electron chi connectivity index (χ3n) is 11.2. The third-order valence-corrected chi connectivity index (χ3v) is 12.1. The van der Waals surface area contributed by atoms with Gasteiger partial charge in [0.25, 0.3) is 0 Å². The van der Waals surface area contributed by atoms with Gasteiger partial charge in [-0.25, -0.2) is 24.5 Å². The molecule has 0 aliphatic carbocycles. The van der Waals surface area contributed by atoms with Crippen LogP contribution in [0.25, 0.3) is 68.3 Å². The van der Waals surface area contributed by atoms with Gasteiger partial charge < -0.3 is 36.4 Å². The topological polar surface area (TPSA) is 288 Å². The van der Waals surface area contributed by atoms with E-state index in [9.17, 15) is 23.9 Å². The van der Waals surface area contributed by atoms with Crippen LogP contribution in [0.15, 0.2) is 218 Å². The molecule has 83 heavy (non-hydrogen) atoms. The first kappa shape index (κ1) is 64.1. The van der Waals surface area contributed by atoms with E-state index in [1.165, 1.54) is 55.0 Å². The minimum Gasteiger partial charge on any atom is -0.512 e. The standard InChI is InChI=1S/C16H12N3O3P.2C16H13N3.C12H8N2O4.CN.2Ru/c1-19-9-5-3-7-16(19)15-11-12(23(20,21)22)10-14(18-15)13-6-2-4-8-17-13;2*1-12-10-15(13-6-2-4-8-17-13)19-16(11-12)14-7-3-5-9-18-14;15-11(16)7-1-3-13-9(5-7)10-6-8(12(17)18)2-4-14-10;1-2;;/h2-3,5-11H,1H2,(H-,20,21,22);2*2-11H,1H3;1-6H,(H,15,16)(H,17,18);;;/q;;;;-1;;+1/p+1. The van der Waals surface area contributed by atoms with Gasteiger partial charge in [-0.3, -0.25) is 39.5 Å². The zero-order chi connectivity index (χ0) is 57.7. The molecule has 0 unspecified atom stereocenters. The van der Waals surface area contributed by atoms with Crippen molar-refractivity contribution in [2.75, 3.05) is 0 Å². The molecular formula is C61H47N12O7PRu2+. The van der Waals surface area contributed by atoms with Gasteiger partial charge in [0.1, 0.15) is 23.5 Å². The second-order valence-electron chi connectivity index (χ2n) is 17.0. The molecule has 11 heterocycles. The molecule has 0 saturated carbocycles. The van der Waals surface area contributed by atoms with E-state index in [0.717, 1.165) is 56.7 Å². The summed E-state index contributed by atoms with van der Waals surface area (Å²) in [7, 11) is -0.580. The van der Waals surface area contributed by atoms with E-state index in [1.54, 1.807) is 65.9 Å². The maximum absolute atomic E-state index is 11.7. The first-order chi connectivity index (χ1) is 39.2. The molecule has 22 heteroatoms. The zero-order valence-electron chi connectivity index (χ0n) is 43.9. The van der Waals surface area contributed by atoms with E-state index < -0.39 is 19.5 Å². The van der Waals surface area contributed by atoms with Gasteiger partial charge in [0.05, 0.1) is 85.3 Å². The smallest absolute Gasteiger partial charge is 0.512 e. The van der Waals surface area contributed by atoms with Crippen molar-refractivity contribution >= 4 is 30.6 Å². The maximum Gasteiger partial charge on any atom is 1.00 e.